The molecule has 82 valence electrons. The lowest BCUT2D eigenvalue weighted by Gasteiger charge is -2.21. The first-order valence-electron chi connectivity index (χ1n) is 5.18. The van der Waals surface area contributed by atoms with E-state index in [4.69, 9.17) is 5.73 Å². The number of ketones is 1. The van der Waals surface area contributed by atoms with Gasteiger partial charge in [0.25, 0.3) is 0 Å². The van der Waals surface area contributed by atoms with Gasteiger partial charge in [-0.25, -0.2) is 4.98 Å². The number of carbonyl (C=O) groups is 1. The van der Waals surface area contributed by atoms with Gasteiger partial charge >= 0.3 is 0 Å². The van der Waals surface area contributed by atoms with Crippen LogP contribution in [0.2, 0.25) is 0 Å². The Morgan fingerprint density at radius 3 is 3.27 bits per heavy atom. The third-order valence-electron chi connectivity index (χ3n) is 2.79. The van der Waals surface area contributed by atoms with Crippen LogP contribution in [-0.4, -0.2) is 41.3 Å². The van der Waals surface area contributed by atoms with Gasteiger partial charge in [-0.3, -0.25) is 9.69 Å². The van der Waals surface area contributed by atoms with Gasteiger partial charge < -0.3 is 5.73 Å². The van der Waals surface area contributed by atoms with Gasteiger partial charge in [0.2, 0.25) is 5.78 Å². The molecule has 1 atom stereocenters. The van der Waals surface area contributed by atoms with E-state index < -0.39 is 0 Å². The maximum atomic E-state index is 11.8. The third kappa shape index (κ3) is 2.42. The number of nitrogens with two attached hydrogens (primary N) is 1. The van der Waals surface area contributed by atoms with E-state index in [1.807, 2.05) is 5.38 Å². The minimum absolute atomic E-state index is 0.116. The Hall–Kier alpha value is -0.780. The number of hydrogen-bond acceptors (Lipinski definition) is 5. The van der Waals surface area contributed by atoms with E-state index in [0.29, 0.717) is 24.1 Å². The van der Waals surface area contributed by atoms with Gasteiger partial charge in [-0.15, -0.1) is 11.3 Å². The fraction of sp³-hybridized carbons (Fsp3) is 0.600. The highest BCUT2D eigenvalue weighted by Crippen LogP contribution is 2.17. The van der Waals surface area contributed by atoms with Crippen LogP contribution in [0, 0.1) is 0 Å². The predicted octanol–water partition coefficient (Wildman–Crippen LogP) is 0.749. The first-order valence-corrected chi connectivity index (χ1v) is 6.06. The van der Waals surface area contributed by atoms with Gasteiger partial charge in [-0.1, -0.05) is 0 Å². The lowest BCUT2D eigenvalue weighted by Crippen LogP contribution is -2.38. The molecular formula is C10H15N3OS. The number of Topliss-reactive ketones (excluding diaryl/α,β-unsaturated/α-hetero) is 1. The van der Waals surface area contributed by atoms with Crippen molar-refractivity contribution in [2.24, 2.45) is 5.73 Å². The fourth-order valence-electron chi connectivity index (χ4n) is 1.98. The zero-order valence-electron chi connectivity index (χ0n) is 8.56. The van der Waals surface area contributed by atoms with Crippen LogP contribution in [0.25, 0.3) is 0 Å². The van der Waals surface area contributed by atoms with Crippen molar-refractivity contribution in [2.45, 2.75) is 18.9 Å². The normalized spacial score (nSPS) is 22.1. The second-order valence-electron chi connectivity index (χ2n) is 3.76. The zero-order valence-corrected chi connectivity index (χ0v) is 9.37. The molecule has 2 heterocycles. The molecule has 2 rings (SSSR count). The maximum Gasteiger partial charge on any atom is 0.205 e. The van der Waals surface area contributed by atoms with Crippen LogP contribution >= 0.6 is 11.3 Å². The van der Waals surface area contributed by atoms with E-state index in [1.54, 1.807) is 6.20 Å². The quantitative estimate of drug-likeness (QED) is 0.768. The molecule has 4 nitrogen and oxygen atoms in total. The molecule has 15 heavy (non-hydrogen) atoms. The SMILES string of the molecule is NC[C@H]1CCCN1CC(=O)c1nccs1. The summed E-state index contributed by atoms with van der Waals surface area (Å²) in [7, 11) is 0. The number of likely N-dealkylation sites (tertiary alicyclic amines) is 1. The number of carbonyl (C=O) groups excluding carboxylic acids is 1. The van der Waals surface area contributed by atoms with Gasteiger partial charge in [-0.2, -0.15) is 0 Å². The van der Waals surface area contributed by atoms with Crippen molar-refractivity contribution >= 4 is 17.1 Å². The smallest absolute Gasteiger partial charge is 0.205 e. The highest BCUT2D eigenvalue weighted by atomic mass is 32.1. The van der Waals surface area contributed by atoms with Crippen LogP contribution in [0.1, 0.15) is 22.6 Å². The minimum Gasteiger partial charge on any atom is -0.329 e. The molecule has 0 bridgehead atoms. The van der Waals surface area contributed by atoms with Crippen LogP contribution in [0.5, 0.6) is 0 Å². The molecule has 1 aromatic rings. The lowest BCUT2D eigenvalue weighted by molar-refractivity contribution is 0.0923. The molecule has 1 aromatic heterocycles. The molecule has 5 heteroatoms. The Balaban J connectivity index is 1.94. The van der Waals surface area contributed by atoms with Crippen molar-refractivity contribution < 1.29 is 4.79 Å². The second-order valence-corrected chi connectivity index (χ2v) is 4.66. The lowest BCUT2D eigenvalue weighted by atomic mass is 10.2. The van der Waals surface area contributed by atoms with Crippen LogP contribution in [0.3, 0.4) is 0 Å². The highest BCUT2D eigenvalue weighted by molar-refractivity contribution is 7.11. The van der Waals surface area contributed by atoms with Crippen molar-refractivity contribution in [3.8, 4) is 0 Å². The largest absolute Gasteiger partial charge is 0.329 e. The predicted molar refractivity (Wildman–Crippen MR) is 60.1 cm³/mol. The summed E-state index contributed by atoms with van der Waals surface area (Å²) in [4.78, 5) is 18.0. The molecule has 0 aliphatic carbocycles. The molecule has 0 saturated carbocycles. The second kappa shape index (κ2) is 4.83. The maximum absolute atomic E-state index is 11.8. The van der Waals surface area contributed by atoms with E-state index in [0.717, 1.165) is 19.4 Å². The highest BCUT2D eigenvalue weighted by Gasteiger charge is 2.25. The van der Waals surface area contributed by atoms with Crippen LogP contribution < -0.4 is 5.73 Å². The number of rotatable bonds is 4. The summed E-state index contributed by atoms with van der Waals surface area (Å²) in [6, 6.07) is 0.383. The van der Waals surface area contributed by atoms with E-state index in [9.17, 15) is 4.79 Å². The third-order valence-corrected chi connectivity index (χ3v) is 3.60. The topological polar surface area (TPSA) is 59.2 Å². The van der Waals surface area contributed by atoms with Gasteiger partial charge in [0.1, 0.15) is 0 Å². The van der Waals surface area contributed by atoms with Gasteiger partial charge in [-0.05, 0) is 19.4 Å². The Morgan fingerprint density at radius 2 is 2.60 bits per heavy atom. The standard InChI is InChI=1S/C10H15N3OS/c11-6-8-2-1-4-13(8)7-9(14)10-12-3-5-15-10/h3,5,8H,1-2,4,6-7,11H2/t8-/m1/s1. The van der Waals surface area contributed by atoms with Crippen molar-refractivity contribution in [3.05, 3.63) is 16.6 Å². The number of aromatic nitrogens is 1. The summed E-state index contributed by atoms with van der Waals surface area (Å²) in [5.74, 6) is 0.116. The molecule has 2 N–H and O–H groups in total. The minimum atomic E-state index is 0.116. The molecule has 1 aliphatic rings. The molecule has 0 aromatic carbocycles. The number of hydrogen-bond donors (Lipinski definition) is 1. The Morgan fingerprint density at radius 1 is 1.73 bits per heavy atom. The summed E-state index contributed by atoms with van der Waals surface area (Å²) in [5.41, 5.74) is 5.65. The molecule has 1 saturated heterocycles. The number of thiazole rings is 1. The first kappa shape index (κ1) is 10.7. The molecular weight excluding hydrogens is 210 g/mol. The Labute approximate surface area is 93.1 Å². The van der Waals surface area contributed by atoms with Crippen molar-refractivity contribution in [2.75, 3.05) is 19.6 Å². The molecule has 0 amide bonds. The fourth-order valence-corrected chi connectivity index (χ4v) is 2.55. The van der Waals surface area contributed by atoms with E-state index in [2.05, 4.69) is 9.88 Å². The van der Waals surface area contributed by atoms with Gasteiger partial charge in [0, 0.05) is 24.2 Å². The van der Waals surface area contributed by atoms with Gasteiger partial charge in [0.05, 0.1) is 6.54 Å². The number of nitrogens with zero attached hydrogens (tertiary/aromatic N) is 2. The summed E-state index contributed by atoms with van der Waals surface area (Å²) in [6.45, 7) is 2.10. The zero-order chi connectivity index (χ0) is 10.7. The van der Waals surface area contributed by atoms with E-state index >= 15 is 0 Å². The molecule has 0 unspecified atom stereocenters. The van der Waals surface area contributed by atoms with Gasteiger partial charge in [0.15, 0.2) is 5.01 Å². The summed E-state index contributed by atoms with van der Waals surface area (Å²) in [6.07, 6.45) is 3.93. The summed E-state index contributed by atoms with van der Waals surface area (Å²) >= 11 is 1.40. The molecule has 0 radical (unpaired) electrons. The first-order chi connectivity index (χ1) is 7.31. The van der Waals surface area contributed by atoms with Crippen molar-refractivity contribution in [1.29, 1.82) is 0 Å². The van der Waals surface area contributed by atoms with Crippen LogP contribution in [0.15, 0.2) is 11.6 Å². The molecule has 1 fully saturated rings. The average molecular weight is 225 g/mol. The summed E-state index contributed by atoms with van der Waals surface area (Å²) in [5, 5.41) is 2.44. The Bertz CT molecular complexity index is 325. The van der Waals surface area contributed by atoms with Crippen LogP contribution in [0.4, 0.5) is 0 Å². The summed E-state index contributed by atoms with van der Waals surface area (Å²) < 4.78 is 0. The van der Waals surface area contributed by atoms with E-state index in [1.165, 1.54) is 11.3 Å². The Kier molecular flexibility index (Phi) is 3.45. The molecule has 1 aliphatic heterocycles. The van der Waals surface area contributed by atoms with Crippen LogP contribution in [-0.2, 0) is 0 Å². The average Bonchev–Trinajstić information content (AvgIpc) is 2.87. The monoisotopic (exact) mass is 225 g/mol. The molecule has 0 spiro atoms. The van der Waals surface area contributed by atoms with E-state index in [-0.39, 0.29) is 5.78 Å². The van der Waals surface area contributed by atoms with Crippen molar-refractivity contribution in [3.63, 3.8) is 0 Å². The van der Waals surface area contributed by atoms with Crippen molar-refractivity contribution in [1.82, 2.24) is 9.88 Å².